The highest BCUT2D eigenvalue weighted by atomic mass is 35.5. The lowest BCUT2D eigenvalue weighted by Crippen LogP contribution is -2.17. The largest absolute Gasteiger partial charge is 0.307 e. The lowest BCUT2D eigenvalue weighted by molar-refractivity contribution is 0.685. The highest BCUT2D eigenvalue weighted by molar-refractivity contribution is 7.09. The van der Waals surface area contributed by atoms with E-state index in [9.17, 15) is 0 Å². The third-order valence-corrected chi connectivity index (χ3v) is 4.22. The molecule has 2 nitrogen and oxygen atoms in total. The van der Waals surface area contributed by atoms with Gasteiger partial charge in [0, 0.05) is 11.1 Å². The molecule has 0 amide bonds. The Balaban J connectivity index is 2.38. The van der Waals surface area contributed by atoms with Crippen molar-refractivity contribution >= 4 is 34.5 Å². The van der Waals surface area contributed by atoms with E-state index >= 15 is 0 Å². The second-order valence-corrected chi connectivity index (χ2v) is 5.43. The molecule has 1 heterocycles. The third kappa shape index (κ3) is 2.80. The molecule has 0 spiro atoms. The molecule has 0 aliphatic heterocycles. The Morgan fingerprint density at radius 2 is 2.06 bits per heavy atom. The van der Waals surface area contributed by atoms with Crippen LogP contribution in [0.1, 0.15) is 22.3 Å². The maximum Gasteiger partial charge on any atom is 0.114 e. The van der Waals surface area contributed by atoms with Crippen molar-refractivity contribution in [1.82, 2.24) is 10.3 Å². The summed E-state index contributed by atoms with van der Waals surface area (Å²) in [6.45, 7) is 1.99. The first-order valence-corrected chi connectivity index (χ1v) is 6.79. The van der Waals surface area contributed by atoms with E-state index in [1.54, 1.807) is 11.3 Å². The van der Waals surface area contributed by atoms with Crippen LogP contribution in [0.15, 0.2) is 23.6 Å². The Kier molecular flexibility index (Phi) is 4.05. The normalized spacial score (nSPS) is 12.7. The van der Waals surface area contributed by atoms with Crippen molar-refractivity contribution < 1.29 is 0 Å². The summed E-state index contributed by atoms with van der Waals surface area (Å²) in [5, 5.41) is 7.45. The van der Waals surface area contributed by atoms with Crippen molar-refractivity contribution in [2.45, 2.75) is 13.0 Å². The minimum absolute atomic E-state index is 0.0588. The maximum atomic E-state index is 6.03. The number of aromatic nitrogens is 1. The van der Waals surface area contributed by atoms with Gasteiger partial charge in [-0.3, -0.25) is 0 Å². The number of aryl methyl sites for hydroxylation is 1. The minimum Gasteiger partial charge on any atom is -0.307 e. The number of benzene rings is 1. The van der Waals surface area contributed by atoms with Crippen molar-refractivity contribution in [3.8, 4) is 0 Å². The van der Waals surface area contributed by atoms with Crippen LogP contribution in [0.3, 0.4) is 0 Å². The standard InChI is InChI=1S/C12H12Cl2N2S/c1-7-6-17-12(16-7)11(15-2)8-3-4-9(13)10(14)5-8/h3-6,11,15H,1-2H3. The summed E-state index contributed by atoms with van der Waals surface area (Å²) in [5.41, 5.74) is 2.10. The fourth-order valence-electron chi connectivity index (χ4n) is 1.63. The molecule has 0 saturated heterocycles. The lowest BCUT2D eigenvalue weighted by Gasteiger charge is -2.14. The maximum absolute atomic E-state index is 6.03. The Hall–Kier alpha value is -0.610. The molecule has 0 fully saturated rings. The molecule has 1 unspecified atom stereocenters. The molecule has 1 aromatic heterocycles. The van der Waals surface area contributed by atoms with E-state index in [0.717, 1.165) is 16.3 Å². The van der Waals surface area contributed by atoms with Gasteiger partial charge in [-0.1, -0.05) is 29.3 Å². The van der Waals surface area contributed by atoms with Crippen molar-refractivity contribution in [2.75, 3.05) is 7.05 Å². The van der Waals surface area contributed by atoms with Gasteiger partial charge in [0.05, 0.1) is 16.1 Å². The van der Waals surface area contributed by atoms with Gasteiger partial charge in [-0.25, -0.2) is 4.98 Å². The van der Waals surface area contributed by atoms with Gasteiger partial charge in [0.15, 0.2) is 0 Å². The number of thiazole rings is 1. The zero-order chi connectivity index (χ0) is 12.4. The van der Waals surface area contributed by atoms with E-state index in [4.69, 9.17) is 23.2 Å². The molecule has 5 heteroatoms. The molecule has 17 heavy (non-hydrogen) atoms. The molecule has 1 atom stereocenters. The van der Waals surface area contributed by atoms with Gasteiger partial charge in [-0.15, -0.1) is 11.3 Å². The summed E-state index contributed by atoms with van der Waals surface area (Å²) in [7, 11) is 1.91. The molecule has 0 radical (unpaired) electrons. The Labute approximate surface area is 115 Å². The van der Waals surface area contributed by atoms with E-state index in [1.165, 1.54) is 0 Å². The van der Waals surface area contributed by atoms with Crippen LogP contribution < -0.4 is 5.32 Å². The van der Waals surface area contributed by atoms with Crippen molar-refractivity contribution in [1.29, 1.82) is 0 Å². The fourth-order valence-corrected chi connectivity index (χ4v) is 2.87. The van der Waals surface area contributed by atoms with Gasteiger partial charge in [0.2, 0.25) is 0 Å². The third-order valence-electron chi connectivity index (χ3n) is 2.45. The zero-order valence-electron chi connectivity index (χ0n) is 9.50. The molecule has 0 bridgehead atoms. The fraction of sp³-hybridized carbons (Fsp3) is 0.250. The monoisotopic (exact) mass is 286 g/mol. The Morgan fingerprint density at radius 3 is 2.59 bits per heavy atom. The van der Waals surface area contributed by atoms with E-state index in [0.29, 0.717) is 10.0 Å². The molecule has 2 aromatic rings. The van der Waals surface area contributed by atoms with Crippen LogP contribution in [0.25, 0.3) is 0 Å². The molecular weight excluding hydrogens is 275 g/mol. The number of nitrogens with zero attached hydrogens (tertiary/aromatic N) is 1. The van der Waals surface area contributed by atoms with Crippen LogP contribution in [0.4, 0.5) is 0 Å². The minimum atomic E-state index is 0.0588. The number of rotatable bonds is 3. The number of hydrogen-bond acceptors (Lipinski definition) is 3. The molecule has 1 aromatic carbocycles. The smallest absolute Gasteiger partial charge is 0.114 e. The van der Waals surface area contributed by atoms with Gasteiger partial charge in [0.25, 0.3) is 0 Å². The Morgan fingerprint density at radius 1 is 1.29 bits per heavy atom. The molecular formula is C12H12Cl2N2S. The van der Waals surface area contributed by atoms with Crippen LogP contribution in [-0.2, 0) is 0 Å². The van der Waals surface area contributed by atoms with E-state index < -0.39 is 0 Å². The summed E-state index contributed by atoms with van der Waals surface area (Å²) in [6, 6.07) is 5.71. The summed E-state index contributed by atoms with van der Waals surface area (Å²) in [5.74, 6) is 0. The van der Waals surface area contributed by atoms with Gasteiger partial charge in [-0.05, 0) is 31.7 Å². The molecule has 0 aliphatic rings. The van der Waals surface area contributed by atoms with E-state index in [1.807, 2.05) is 37.6 Å². The zero-order valence-corrected chi connectivity index (χ0v) is 11.8. The van der Waals surface area contributed by atoms with Crippen molar-refractivity contribution in [2.24, 2.45) is 0 Å². The predicted octanol–water partition coefficient (Wildman–Crippen LogP) is 4.07. The average Bonchev–Trinajstić information content (AvgIpc) is 2.71. The second-order valence-electron chi connectivity index (χ2n) is 3.72. The molecule has 1 N–H and O–H groups in total. The molecule has 0 saturated carbocycles. The number of halogens is 2. The predicted molar refractivity (Wildman–Crippen MR) is 74.2 cm³/mol. The van der Waals surface area contributed by atoms with Crippen LogP contribution in [0.2, 0.25) is 10.0 Å². The van der Waals surface area contributed by atoms with Gasteiger partial charge in [-0.2, -0.15) is 0 Å². The van der Waals surface area contributed by atoms with Gasteiger partial charge < -0.3 is 5.32 Å². The van der Waals surface area contributed by atoms with E-state index in [2.05, 4.69) is 10.3 Å². The van der Waals surface area contributed by atoms with Crippen LogP contribution in [0, 0.1) is 6.92 Å². The summed E-state index contributed by atoms with van der Waals surface area (Å²) in [4.78, 5) is 4.49. The summed E-state index contributed by atoms with van der Waals surface area (Å²) in [6.07, 6.45) is 0. The quantitative estimate of drug-likeness (QED) is 0.920. The number of hydrogen-bond donors (Lipinski definition) is 1. The SMILES string of the molecule is CNC(c1ccc(Cl)c(Cl)c1)c1nc(C)cs1. The van der Waals surface area contributed by atoms with Crippen molar-refractivity contribution in [3.05, 3.63) is 49.9 Å². The Bertz CT molecular complexity index is 525. The topological polar surface area (TPSA) is 24.9 Å². The first-order valence-electron chi connectivity index (χ1n) is 5.16. The summed E-state index contributed by atoms with van der Waals surface area (Å²) >= 11 is 13.6. The first kappa shape index (κ1) is 12.8. The highest BCUT2D eigenvalue weighted by Crippen LogP contribution is 2.29. The molecule has 2 rings (SSSR count). The summed E-state index contributed by atoms with van der Waals surface area (Å²) < 4.78 is 0. The van der Waals surface area contributed by atoms with Crippen LogP contribution in [-0.4, -0.2) is 12.0 Å². The van der Waals surface area contributed by atoms with Gasteiger partial charge in [0.1, 0.15) is 5.01 Å². The van der Waals surface area contributed by atoms with Crippen LogP contribution in [0.5, 0.6) is 0 Å². The van der Waals surface area contributed by atoms with Crippen LogP contribution >= 0.6 is 34.5 Å². The molecule has 90 valence electrons. The molecule has 0 aliphatic carbocycles. The lowest BCUT2D eigenvalue weighted by atomic mass is 10.1. The first-order chi connectivity index (χ1) is 8.11. The van der Waals surface area contributed by atoms with E-state index in [-0.39, 0.29) is 6.04 Å². The van der Waals surface area contributed by atoms with Crippen molar-refractivity contribution in [3.63, 3.8) is 0 Å². The van der Waals surface area contributed by atoms with Gasteiger partial charge >= 0.3 is 0 Å². The highest BCUT2D eigenvalue weighted by Gasteiger charge is 2.16. The number of nitrogens with one attached hydrogen (secondary N) is 1. The second kappa shape index (κ2) is 5.36. The average molecular weight is 287 g/mol.